The van der Waals surface area contributed by atoms with Crippen LogP contribution in [0.3, 0.4) is 0 Å². The van der Waals surface area contributed by atoms with E-state index in [1.807, 2.05) is 19.2 Å². The lowest BCUT2D eigenvalue weighted by Crippen LogP contribution is -2.07. The van der Waals surface area contributed by atoms with Crippen molar-refractivity contribution in [3.63, 3.8) is 0 Å². The van der Waals surface area contributed by atoms with Gasteiger partial charge in [0, 0.05) is 17.5 Å². The molecular weight excluding hydrogens is 190 g/mol. The van der Waals surface area contributed by atoms with Crippen LogP contribution in [0.1, 0.15) is 30.1 Å². The Morgan fingerprint density at radius 1 is 1.47 bits per heavy atom. The van der Waals surface area contributed by atoms with Gasteiger partial charge >= 0.3 is 0 Å². The third-order valence-corrected chi connectivity index (χ3v) is 2.90. The van der Waals surface area contributed by atoms with Crippen LogP contribution in [0, 0.1) is 6.92 Å². The van der Waals surface area contributed by atoms with Gasteiger partial charge in [-0.05, 0) is 25.8 Å². The molecule has 0 bridgehead atoms. The molecule has 0 N–H and O–H groups in total. The number of nitrogens with zero attached hydrogens (tertiary/aromatic N) is 3. The van der Waals surface area contributed by atoms with Gasteiger partial charge in [-0.2, -0.15) is 0 Å². The van der Waals surface area contributed by atoms with Gasteiger partial charge in [0.05, 0.1) is 11.4 Å². The molecule has 4 nitrogen and oxygen atoms in total. The molecule has 2 heterocycles. The Hall–Kier alpha value is -1.58. The predicted octanol–water partition coefficient (Wildman–Crippen LogP) is 1.68. The van der Waals surface area contributed by atoms with E-state index in [1.54, 1.807) is 12.0 Å². The number of pyridine rings is 1. The van der Waals surface area contributed by atoms with Gasteiger partial charge in [-0.1, -0.05) is 4.85 Å². The number of rotatable bonds is 2. The summed E-state index contributed by atoms with van der Waals surface area (Å²) in [5.74, 6) is 0.641. The summed E-state index contributed by atoms with van der Waals surface area (Å²) in [4.78, 5) is 11.2. The van der Waals surface area contributed by atoms with Crippen LogP contribution >= 0.6 is 0 Å². The lowest BCUT2D eigenvalue weighted by atomic mass is 10.1. The molecule has 0 spiro atoms. The van der Waals surface area contributed by atoms with E-state index in [4.69, 9.17) is 4.84 Å². The third-order valence-electron chi connectivity index (χ3n) is 2.90. The average molecular weight is 203 g/mol. The van der Waals surface area contributed by atoms with Crippen molar-refractivity contribution in [2.75, 3.05) is 7.11 Å². The first-order valence-corrected chi connectivity index (χ1v) is 5.20. The molecule has 0 aromatic carbocycles. The van der Waals surface area contributed by atoms with Crippen LogP contribution in [0.25, 0.3) is 10.9 Å². The highest BCUT2D eigenvalue weighted by molar-refractivity contribution is 5.84. The first kappa shape index (κ1) is 8.71. The van der Waals surface area contributed by atoms with Crippen molar-refractivity contribution in [3.8, 4) is 0 Å². The molecule has 1 saturated carbocycles. The van der Waals surface area contributed by atoms with Gasteiger partial charge in [0.1, 0.15) is 12.6 Å². The minimum absolute atomic E-state index is 0.641. The molecule has 1 fully saturated rings. The maximum Gasteiger partial charge on any atom is 0.114 e. The van der Waals surface area contributed by atoms with E-state index in [0.29, 0.717) is 5.92 Å². The lowest BCUT2D eigenvalue weighted by molar-refractivity contribution is 0.144. The Bertz CT molecular complexity index is 514. The maximum absolute atomic E-state index is 5.18. The first-order valence-electron chi connectivity index (χ1n) is 5.20. The van der Waals surface area contributed by atoms with Gasteiger partial charge in [0.15, 0.2) is 0 Å². The Morgan fingerprint density at radius 2 is 2.27 bits per heavy atom. The summed E-state index contributed by atoms with van der Waals surface area (Å²) in [5, 5.41) is 5.50. The third kappa shape index (κ3) is 1.21. The SMILES string of the molecule is COn1nc(C)c2c(C3CC3)nccc21. The molecule has 1 aliphatic rings. The second-order valence-corrected chi connectivity index (χ2v) is 4.01. The molecule has 0 unspecified atom stereocenters. The number of aromatic nitrogens is 3. The molecule has 3 rings (SSSR count). The molecule has 2 aromatic rings. The van der Waals surface area contributed by atoms with Gasteiger partial charge in [-0.25, -0.2) is 0 Å². The zero-order chi connectivity index (χ0) is 10.4. The minimum Gasteiger partial charge on any atom is -0.399 e. The normalized spacial score (nSPS) is 15.9. The molecule has 4 heteroatoms. The quantitative estimate of drug-likeness (QED) is 0.745. The van der Waals surface area contributed by atoms with Crippen LogP contribution in [0.15, 0.2) is 12.3 Å². The van der Waals surface area contributed by atoms with E-state index < -0.39 is 0 Å². The zero-order valence-electron chi connectivity index (χ0n) is 8.90. The summed E-state index contributed by atoms with van der Waals surface area (Å²) in [6.07, 6.45) is 4.35. The van der Waals surface area contributed by atoms with Crippen molar-refractivity contribution in [2.24, 2.45) is 0 Å². The molecule has 1 aliphatic carbocycles. The molecular formula is C11H13N3O. The van der Waals surface area contributed by atoms with Gasteiger partial charge in [0.25, 0.3) is 0 Å². The fraction of sp³-hybridized carbons (Fsp3) is 0.455. The number of hydrogen-bond donors (Lipinski definition) is 0. The van der Waals surface area contributed by atoms with E-state index in [1.165, 1.54) is 23.9 Å². The highest BCUT2D eigenvalue weighted by atomic mass is 16.7. The summed E-state index contributed by atoms with van der Waals surface area (Å²) < 4.78 is 0. The molecule has 0 saturated heterocycles. The highest BCUT2D eigenvalue weighted by Gasteiger charge is 2.28. The predicted molar refractivity (Wildman–Crippen MR) is 56.7 cm³/mol. The largest absolute Gasteiger partial charge is 0.399 e. The summed E-state index contributed by atoms with van der Waals surface area (Å²) in [6, 6.07) is 1.95. The number of hydrogen-bond acceptors (Lipinski definition) is 3. The van der Waals surface area contributed by atoms with E-state index in [9.17, 15) is 0 Å². The summed E-state index contributed by atoms with van der Waals surface area (Å²) in [7, 11) is 1.63. The van der Waals surface area contributed by atoms with E-state index in [0.717, 1.165) is 11.2 Å². The topological polar surface area (TPSA) is 39.9 Å². The Morgan fingerprint density at radius 3 is 2.93 bits per heavy atom. The molecule has 78 valence electrons. The van der Waals surface area contributed by atoms with Crippen molar-refractivity contribution >= 4 is 10.9 Å². The summed E-state index contributed by atoms with van der Waals surface area (Å²) in [6.45, 7) is 2.01. The smallest absolute Gasteiger partial charge is 0.114 e. The fourth-order valence-corrected chi connectivity index (χ4v) is 2.04. The van der Waals surface area contributed by atoms with Crippen LogP contribution in [0.5, 0.6) is 0 Å². The molecule has 0 aliphatic heterocycles. The first-order chi connectivity index (χ1) is 7.31. The Labute approximate surface area is 87.8 Å². The second kappa shape index (κ2) is 2.95. The van der Waals surface area contributed by atoms with Gasteiger partial charge in [-0.3, -0.25) is 4.98 Å². The van der Waals surface area contributed by atoms with Crippen LogP contribution in [-0.2, 0) is 0 Å². The average Bonchev–Trinajstić information content (AvgIpc) is 3.04. The van der Waals surface area contributed by atoms with Gasteiger partial charge in [-0.15, -0.1) is 5.10 Å². The number of fused-ring (bicyclic) bond motifs is 1. The molecule has 0 radical (unpaired) electrons. The van der Waals surface area contributed by atoms with E-state index >= 15 is 0 Å². The maximum atomic E-state index is 5.18. The van der Waals surface area contributed by atoms with Crippen molar-refractivity contribution in [1.82, 2.24) is 14.9 Å². The Balaban J connectivity index is 2.32. The summed E-state index contributed by atoms with van der Waals surface area (Å²) >= 11 is 0. The van der Waals surface area contributed by atoms with Crippen LogP contribution < -0.4 is 4.84 Å². The van der Waals surface area contributed by atoms with E-state index in [2.05, 4.69) is 10.1 Å². The number of aryl methyl sites for hydroxylation is 1. The fourth-order valence-electron chi connectivity index (χ4n) is 2.04. The van der Waals surface area contributed by atoms with Crippen LogP contribution in [-0.4, -0.2) is 22.0 Å². The molecule has 0 amide bonds. The summed E-state index contributed by atoms with van der Waals surface area (Å²) in [5.41, 5.74) is 3.21. The van der Waals surface area contributed by atoms with Crippen molar-refractivity contribution < 1.29 is 4.84 Å². The van der Waals surface area contributed by atoms with E-state index in [-0.39, 0.29) is 0 Å². The standard InChI is InChI=1S/C11H13N3O/c1-7-10-9(14(13-7)15-2)5-6-12-11(10)8-3-4-8/h5-6,8H,3-4H2,1-2H3. The van der Waals surface area contributed by atoms with Gasteiger partial charge in [0.2, 0.25) is 0 Å². The highest BCUT2D eigenvalue weighted by Crippen LogP contribution is 2.42. The Kier molecular flexibility index (Phi) is 1.71. The van der Waals surface area contributed by atoms with Gasteiger partial charge < -0.3 is 4.84 Å². The lowest BCUT2D eigenvalue weighted by Gasteiger charge is -2.01. The van der Waals surface area contributed by atoms with Crippen molar-refractivity contribution in [3.05, 3.63) is 23.7 Å². The van der Waals surface area contributed by atoms with Crippen molar-refractivity contribution in [1.29, 1.82) is 0 Å². The molecule has 2 aromatic heterocycles. The molecule has 0 atom stereocenters. The molecule has 15 heavy (non-hydrogen) atoms. The minimum atomic E-state index is 0.641. The van der Waals surface area contributed by atoms with Crippen LogP contribution in [0.4, 0.5) is 0 Å². The van der Waals surface area contributed by atoms with Crippen molar-refractivity contribution in [2.45, 2.75) is 25.7 Å². The monoisotopic (exact) mass is 203 g/mol. The van der Waals surface area contributed by atoms with Crippen LogP contribution in [0.2, 0.25) is 0 Å². The zero-order valence-corrected chi connectivity index (χ0v) is 8.90. The second-order valence-electron chi connectivity index (χ2n) is 4.01.